The minimum Gasteiger partial charge on any atom is -0.384 e. The van der Waals surface area contributed by atoms with Crippen molar-refractivity contribution in [3.8, 4) is 0 Å². The Kier molecular flexibility index (Phi) is 7.43. The molecule has 1 aromatic carbocycles. The van der Waals surface area contributed by atoms with Crippen molar-refractivity contribution in [2.24, 2.45) is 10.9 Å². The average Bonchev–Trinajstić information content (AvgIpc) is 3.05. The third-order valence-corrected chi connectivity index (χ3v) is 6.14. The van der Waals surface area contributed by atoms with Crippen molar-refractivity contribution in [1.82, 2.24) is 14.9 Å². The van der Waals surface area contributed by atoms with E-state index in [1.165, 1.54) is 0 Å². The molecule has 26 heavy (non-hydrogen) atoms. The molecule has 0 saturated carbocycles. The first kappa shape index (κ1) is 20.7. The smallest absolute Gasteiger partial charge is 0.240 e. The molecule has 146 valence electrons. The number of nitrogens with zero attached hydrogens (tertiary/aromatic N) is 2. The predicted molar refractivity (Wildman–Crippen MR) is 104 cm³/mol. The Balaban J connectivity index is 1.84. The Morgan fingerprint density at radius 1 is 1.35 bits per heavy atom. The summed E-state index contributed by atoms with van der Waals surface area (Å²) in [5.74, 6) is 1.32. The summed E-state index contributed by atoms with van der Waals surface area (Å²) in [6, 6.07) is 5.44. The van der Waals surface area contributed by atoms with E-state index in [0.29, 0.717) is 23.9 Å². The van der Waals surface area contributed by atoms with Gasteiger partial charge in [0.05, 0.1) is 11.5 Å². The van der Waals surface area contributed by atoms with Gasteiger partial charge in [-0.1, -0.05) is 12.1 Å². The molecule has 0 aliphatic carbocycles. The highest BCUT2D eigenvalue weighted by atomic mass is 32.2. The molecule has 1 aromatic rings. The van der Waals surface area contributed by atoms with Crippen LogP contribution in [0, 0.1) is 19.8 Å². The molecule has 0 amide bonds. The number of ether oxygens (including phenoxy) is 1. The first-order valence-electron chi connectivity index (χ1n) is 8.89. The zero-order valence-electron chi connectivity index (χ0n) is 16.1. The van der Waals surface area contributed by atoms with Crippen molar-refractivity contribution in [3.63, 3.8) is 0 Å². The molecule has 0 bridgehead atoms. The SMILES string of the molecule is CN=C(NCCNS(=O)(=O)c1cc(C)ccc1C)N1CCC(COC)C1. The molecular weight excluding hydrogens is 352 g/mol. The average molecular weight is 383 g/mol. The molecule has 1 aliphatic rings. The van der Waals surface area contributed by atoms with E-state index in [0.717, 1.165) is 43.2 Å². The van der Waals surface area contributed by atoms with Gasteiger partial charge in [-0.15, -0.1) is 0 Å². The lowest BCUT2D eigenvalue weighted by Gasteiger charge is -2.21. The lowest BCUT2D eigenvalue weighted by molar-refractivity contribution is 0.157. The molecule has 0 radical (unpaired) electrons. The molecule has 1 saturated heterocycles. The number of aliphatic imine (C=N–C) groups is 1. The molecule has 0 aromatic heterocycles. The van der Waals surface area contributed by atoms with Crippen LogP contribution in [-0.4, -0.2) is 66.2 Å². The Bertz CT molecular complexity index is 734. The number of hydrogen-bond acceptors (Lipinski definition) is 4. The van der Waals surface area contributed by atoms with Crippen LogP contribution in [0.1, 0.15) is 17.5 Å². The van der Waals surface area contributed by atoms with Gasteiger partial charge >= 0.3 is 0 Å². The Morgan fingerprint density at radius 3 is 2.81 bits per heavy atom. The van der Waals surface area contributed by atoms with Gasteiger partial charge in [-0.25, -0.2) is 13.1 Å². The van der Waals surface area contributed by atoms with E-state index in [1.807, 2.05) is 19.1 Å². The maximum absolute atomic E-state index is 12.5. The van der Waals surface area contributed by atoms with Gasteiger partial charge in [0.1, 0.15) is 0 Å². The molecule has 1 heterocycles. The number of aryl methyl sites for hydroxylation is 2. The topological polar surface area (TPSA) is 83.0 Å². The monoisotopic (exact) mass is 382 g/mol. The molecule has 2 N–H and O–H groups in total. The van der Waals surface area contributed by atoms with E-state index in [1.54, 1.807) is 27.1 Å². The van der Waals surface area contributed by atoms with Crippen LogP contribution in [0.2, 0.25) is 0 Å². The van der Waals surface area contributed by atoms with Crippen molar-refractivity contribution in [1.29, 1.82) is 0 Å². The minimum atomic E-state index is -3.51. The highest BCUT2D eigenvalue weighted by Crippen LogP contribution is 2.17. The highest BCUT2D eigenvalue weighted by Gasteiger charge is 2.24. The number of hydrogen-bond donors (Lipinski definition) is 2. The number of guanidine groups is 1. The second-order valence-electron chi connectivity index (χ2n) is 6.70. The minimum absolute atomic E-state index is 0.296. The number of likely N-dealkylation sites (tertiary alicyclic amines) is 1. The summed E-state index contributed by atoms with van der Waals surface area (Å²) in [5, 5.41) is 3.23. The normalized spacial score (nSPS) is 18.4. The van der Waals surface area contributed by atoms with E-state index in [-0.39, 0.29) is 0 Å². The van der Waals surface area contributed by atoms with Crippen molar-refractivity contribution < 1.29 is 13.2 Å². The summed E-state index contributed by atoms with van der Waals surface area (Å²) in [6.07, 6.45) is 1.08. The van der Waals surface area contributed by atoms with Crippen molar-refractivity contribution in [2.75, 3.05) is 46.9 Å². The summed E-state index contributed by atoms with van der Waals surface area (Å²) < 4.78 is 32.9. The fourth-order valence-electron chi connectivity index (χ4n) is 3.16. The largest absolute Gasteiger partial charge is 0.384 e. The summed E-state index contributed by atoms with van der Waals surface area (Å²) in [7, 11) is -0.0509. The first-order chi connectivity index (χ1) is 12.4. The van der Waals surface area contributed by atoms with Gasteiger partial charge in [-0.3, -0.25) is 4.99 Å². The van der Waals surface area contributed by atoms with Crippen LogP contribution in [0.3, 0.4) is 0 Å². The predicted octanol–water partition coefficient (Wildman–Crippen LogP) is 1.13. The highest BCUT2D eigenvalue weighted by molar-refractivity contribution is 7.89. The van der Waals surface area contributed by atoms with E-state index >= 15 is 0 Å². The number of nitrogens with one attached hydrogen (secondary N) is 2. The van der Waals surface area contributed by atoms with E-state index in [4.69, 9.17) is 4.74 Å². The Hall–Kier alpha value is -1.64. The van der Waals surface area contributed by atoms with Crippen LogP contribution < -0.4 is 10.0 Å². The second-order valence-corrected chi connectivity index (χ2v) is 8.43. The van der Waals surface area contributed by atoms with Gasteiger partial charge in [0, 0.05) is 46.3 Å². The molecule has 1 aliphatic heterocycles. The summed E-state index contributed by atoms with van der Waals surface area (Å²) in [6.45, 7) is 7.05. The molecule has 7 nitrogen and oxygen atoms in total. The molecule has 1 unspecified atom stereocenters. The fourth-order valence-corrected chi connectivity index (χ4v) is 4.52. The van der Waals surface area contributed by atoms with Gasteiger partial charge < -0.3 is 15.0 Å². The molecular formula is C18H30N4O3S. The summed E-state index contributed by atoms with van der Waals surface area (Å²) in [4.78, 5) is 6.82. The van der Waals surface area contributed by atoms with Crippen LogP contribution in [0.25, 0.3) is 0 Å². The van der Waals surface area contributed by atoms with E-state index in [9.17, 15) is 8.42 Å². The fraction of sp³-hybridized carbons (Fsp3) is 0.611. The summed E-state index contributed by atoms with van der Waals surface area (Å²) in [5.41, 5.74) is 1.67. The van der Waals surface area contributed by atoms with E-state index in [2.05, 4.69) is 19.9 Å². The second kappa shape index (κ2) is 9.34. The van der Waals surface area contributed by atoms with Gasteiger partial charge in [0.15, 0.2) is 5.96 Å². The van der Waals surface area contributed by atoms with Crippen LogP contribution >= 0.6 is 0 Å². The molecule has 2 rings (SSSR count). The van der Waals surface area contributed by atoms with Gasteiger partial charge in [-0.05, 0) is 37.5 Å². The number of sulfonamides is 1. The van der Waals surface area contributed by atoms with Crippen molar-refractivity contribution >= 4 is 16.0 Å². The molecule has 1 atom stereocenters. The lowest BCUT2D eigenvalue weighted by atomic mass is 10.1. The number of methoxy groups -OCH3 is 1. The maximum atomic E-state index is 12.5. The van der Waals surface area contributed by atoms with Crippen LogP contribution in [-0.2, 0) is 14.8 Å². The van der Waals surface area contributed by atoms with Crippen LogP contribution in [0.4, 0.5) is 0 Å². The Labute approximate surface area is 156 Å². The van der Waals surface area contributed by atoms with E-state index < -0.39 is 10.0 Å². The standard InChI is InChI=1S/C18H30N4O3S/c1-14-5-6-15(2)17(11-14)26(23,24)21-9-8-20-18(19-3)22-10-7-16(12-22)13-25-4/h5-6,11,16,21H,7-10,12-13H2,1-4H3,(H,19,20). The zero-order valence-corrected chi connectivity index (χ0v) is 16.9. The third kappa shape index (κ3) is 5.43. The molecule has 0 spiro atoms. The molecule has 1 fully saturated rings. The lowest BCUT2D eigenvalue weighted by Crippen LogP contribution is -2.43. The molecule has 8 heteroatoms. The van der Waals surface area contributed by atoms with Crippen LogP contribution in [0.5, 0.6) is 0 Å². The van der Waals surface area contributed by atoms with Crippen LogP contribution in [0.15, 0.2) is 28.1 Å². The van der Waals surface area contributed by atoms with Gasteiger partial charge in [0.25, 0.3) is 0 Å². The van der Waals surface area contributed by atoms with Crippen molar-refractivity contribution in [3.05, 3.63) is 29.3 Å². The number of benzene rings is 1. The van der Waals surface area contributed by atoms with Crippen molar-refractivity contribution in [2.45, 2.75) is 25.2 Å². The van der Waals surface area contributed by atoms with Gasteiger partial charge in [-0.2, -0.15) is 0 Å². The third-order valence-electron chi connectivity index (χ3n) is 4.53. The van der Waals surface area contributed by atoms with Gasteiger partial charge in [0.2, 0.25) is 10.0 Å². The summed E-state index contributed by atoms with van der Waals surface area (Å²) >= 11 is 0. The zero-order chi connectivity index (χ0) is 19.2. The maximum Gasteiger partial charge on any atom is 0.240 e. The number of rotatable bonds is 7. The first-order valence-corrected chi connectivity index (χ1v) is 10.4. The Morgan fingerprint density at radius 2 is 2.12 bits per heavy atom. The quantitative estimate of drug-likeness (QED) is 0.420.